The van der Waals surface area contributed by atoms with E-state index in [1.807, 2.05) is 6.92 Å². The standard InChI is InChI=1S/C14H13F2N5/c1-9(10-2-4-11(16)5-3-10)17-12-6-7-13-18-19-14(8-15)21(13)20-12/h2-7,9H,8H2,1H3,(H,17,20)/t9-/m1/s1. The molecule has 5 nitrogen and oxygen atoms in total. The molecule has 3 aromatic rings. The van der Waals surface area contributed by atoms with E-state index in [2.05, 4.69) is 20.6 Å². The van der Waals surface area contributed by atoms with Crippen LogP contribution in [-0.4, -0.2) is 19.8 Å². The molecule has 0 saturated carbocycles. The number of hydrogen-bond donors (Lipinski definition) is 1. The second-order valence-corrected chi connectivity index (χ2v) is 4.66. The van der Waals surface area contributed by atoms with Gasteiger partial charge in [-0.15, -0.1) is 15.3 Å². The summed E-state index contributed by atoms with van der Waals surface area (Å²) in [5, 5.41) is 15.0. The van der Waals surface area contributed by atoms with Crippen LogP contribution in [0.5, 0.6) is 0 Å². The number of aromatic nitrogens is 4. The van der Waals surface area contributed by atoms with Gasteiger partial charge < -0.3 is 5.32 Å². The summed E-state index contributed by atoms with van der Waals surface area (Å²) >= 11 is 0. The van der Waals surface area contributed by atoms with Crippen molar-refractivity contribution in [3.05, 3.63) is 53.6 Å². The summed E-state index contributed by atoms with van der Waals surface area (Å²) < 4.78 is 27.0. The Morgan fingerprint density at radius 1 is 1.14 bits per heavy atom. The fourth-order valence-electron chi connectivity index (χ4n) is 2.05. The lowest BCUT2D eigenvalue weighted by Crippen LogP contribution is -2.10. The first-order chi connectivity index (χ1) is 10.2. The molecular weight excluding hydrogens is 276 g/mol. The highest BCUT2D eigenvalue weighted by Crippen LogP contribution is 2.18. The number of alkyl halides is 1. The Balaban J connectivity index is 1.85. The van der Waals surface area contributed by atoms with Crippen molar-refractivity contribution in [2.45, 2.75) is 19.6 Å². The first-order valence-corrected chi connectivity index (χ1v) is 6.46. The van der Waals surface area contributed by atoms with Crippen molar-refractivity contribution in [2.75, 3.05) is 5.32 Å². The molecule has 1 aromatic carbocycles. The van der Waals surface area contributed by atoms with Crippen LogP contribution in [0, 0.1) is 5.82 Å². The Kier molecular flexibility index (Phi) is 3.47. The summed E-state index contributed by atoms with van der Waals surface area (Å²) in [4.78, 5) is 0. The smallest absolute Gasteiger partial charge is 0.185 e. The van der Waals surface area contributed by atoms with Gasteiger partial charge in [0.15, 0.2) is 18.1 Å². The molecule has 0 bridgehead atoms. The van der Waals surface area contributed by atoms with Crippen molar-refractivity contribution in [2.24, 2.45) is 0 Å². The summed E-state index contributed by atoms with van der Waals surface area (Å²) in [6, 6.07) is 9.61. The van der Waals surface area contributed by atoms with Crippen LogP contribution in [0.25, 0.3) is 5.65 Å². The lowest BCUT2D eigenvalue weighted by Gasteiger charge is -2.14. The third-order valence-corrected chi connectivity index (χ3v) is 3.18. The number of anilines is 1. The predicted molar refractivity (Wildman–Crippen MR) is 74.0 cm³/mol. The van der Waals surface area contributed by atoms with Crippen molar-refractivity contribution in [3.63, 3.8) is 0 Å². The minimum absolute atomic E-state index is 0.0687. The van der Waals surface area contributed by atoms with Crippen LogP contribution < -0.4 is 5.32 Å². The average Bonchev–Trinajstić information content (AvgIpc) is 2.90. The summed E-state index contributed by atoms with van der Waals surface area (Å²) in [5.41, 5.74) is 1.41. The lowest BCUT2D eigenvalue weighted by atomic mass is 10.1. The fraction of sp³-hybridized carbons (Fsp3) is 0.214. The molecule has 0 aliphatic rings. The molecular formula is C14H13F2N5. The quantitative estimate of drug-likeness (QED) is 0.802. The molecule has 0 saturated heterocycles. The summed E-state index contributed by atoms with van der Waals surface area (Å²) in [7, 11) is 0. The molecule has 2 aromatic heterocycles. The molecule has 0 fully saturated rings. The van der Waals surface area contributed by atoms with Crippen molar-refractivity contribution in [3.8, 4) is 0 Å². The van der Waals surface area contributed by atoms with Crippen molar-refractivity contribution >= 4 is 11.5 Å². The van der Waals surface area contributed by atoms with E-state index in [1.54, 1.807) is 24.3 Å². The summed E-state index contributed by atoms with van der Waals surface area (Å²) in [6.45, 7) is 1.20. The maximum Gasteiger partial charge on any atom is 0.185 e. The van der Waals surface area contributed by atoms with Gasteiger partial charge >= 0.3 is 0 Å². The predicted octanol–water partition coefficient (Wildman–Crippen LogP) is 2.91. The van der Waals surface area contributed by atoms with Gasteiger partial charge in [-0.1, -0.05) is 12.1 Å². The molecule has 2 heterocycles. The fourth-order valence-corrected chi connectivity index (χ4v) is 2.05. The Bertz CT molecular complexity index is 754. The zero-order valence-corrected chi connectivity index (χ0v) is 11.3. The van der Waals surface area contributed by atoms with E-state index in [4.69, 9.17) is 0 Å². The Hall–Kier alpha value is -2.57. The second kappa shape index (κ2) is 5.43. The van der Waals surface area contributed by atoms with Gasteiger partial charge in [-0.2, -0.15) is 4.52 Å². The maximum atomic E-state index is 12.9. The van der Waals surface area contributed by atoms with Gasteiger partial charge in [0.25, 0.3) is 0 Å². The average molecular weight is 289 g/mol. The van der Waals surface area contributed by atoms with E-state index in [9.17, 15) is 8.78 Å². The van der Waals surface area contributed by atoms with Crippen LogP contribution >= 0.6 is 0 Å². The van der Waals surface area contributed by atoms with Crippen molar-refractivity contribution in [1.82, 2.24) is 19.8 Å². The molecule has 0 aliphatic carbocycles. The normalized spacial score (nSPS) is 12.5. The van der Waals surface area contributed by atoms with Gasteiger partial charge in [-0.3, -0.25) is 0 Å². The van der Waals surface area contributed by atoms with Gasteiger partial charge in [0.1, 0.15) is 11.6 Å². The van der Waals surface area contributed by atoms with Crippen LogP contribution in [0.2, 0.25) is 0 Å². The highest BCUT2D eigenvalue weighted by atomic mass is 19.1. The molecule has 108 valence electrons. The number of rotatable bonds is 4. The molecule has 0 radical (unpaired) electrons. The minimum atomic E-state index is -0.731. The largest absolute Gasteiger partial charge is 0.362 e. The highest BCUT2D eigenvalue weighted by Gasteiger charge is 2.10. The van der Waals surface area contributed by atoms with Gasteiger partial charge in [0, 0.05) is 0 Å². The number of nitrogens with one attached hydrogen (secondary N) is 1. The molecule has 21 heavy (non-hydrogen) atoms. The number of halogens is 2. The van der Waals surface area contributed by atoms with Crippen molar-refractivity contribution in [1.29, 1.82) is 0 Å². The van der Waals surface area contributed by atoms with Crippen LogP contribution in [0.15, 0.2) is 36.4 Å². The van der Waals surface area contributed by atoms with Crippen molar-refractivity contribution < 1.29 is 8.78 Å². The van der Waals surface area contributed by atoms with Gasteiger partial charge in [-0.05, 0) is 36.8 Å². The van der Waals surface area contributed by atoms with E-state index in [-0.39, 0.29) is 17.7 Å². The van der Waals surface area contributed by atoms with Gasteiger partial charge in [0.2, 0.25) is 0 Å². The van der Waals surface area contributed by atoms with E-state index >= 15 is 0 Å². The summed E-state index contributed by atoms with van der Waals surface area (Å²) in [6.07, 6.45) is 0. The number of benzene rings is 1. The molecule has 0 amide bonds. The van der Waals surface area contributed by atoms with Crippen LogP contribution in [0.4, 0.5) is 14.6 Å². The third kappa shape index (κ3) is 2.67. The SMILES string of the molecule is C[C@@H](Nc1ccc2nnc(CF)n2n1)c1ccc(F)cc1. The first kappa shape index (κ1) is 13.4. The van der Waals surface area contributed by atoms with Crippen LogP contribution in [-0.2, 0) is 6.67 Å². The summed E-state index contributed by atoms with van der Waals surface area (Å²) in [5.74, 6) is 0.444. The van der Waals surface area contributed by atoms with Crippen LogP contribution in [0.3, 0.4) is 0 Å². The Morgan fingerprint density at radius 3 is 2.62 bits per heavy atom. The third-order valence-electron chi connectivity index (χ3n) is 3.18. The maximum absolute atomic E-state index is 12.9. The van der Waals surface area contributed by atoms with Gasteiger partial charge in [-0.25, -0.2) is 8.78 Å². The van der Waals surface area contributed by atoms with E-state index in [1.165, 1.54) is 16.6 Å². The molecule has 1 N–H and O–H groups in total. The highest BCUT2D eigenvalue weighted by molar-refractivity contribution is 5.45. The molecule has 3 rings (SSSR count). The number of hydrogen-bond acceptors (Lipinski definition) is 4. The van der Waals surface area contributed by atoms with Crippen LogP contribution in [0.1, 0.15) is 24.4 Å². The Labute approximate surface area is 119 Å². The molecule has 0 unspecified atom stereocenters. The van der Waals surface area contributed by atoms with E-state index in [0.717, 1.165) is 5.56 Å². The zero-order chi connectivity index (χ0) is 14.8. The first-order valence-electron chi connectivity index (χ1n) is 6.46. The van der Waals surface area contributed by atoms with Gasteiger partial charge in [0.05, 0.1) is 6.04 Å². The zero-order valence-electron chi connectivity index (χ0n) is 11.3. The minimum Gasteiger partial charge on any atom is -0.362 e. The number of fused-ring (bicyclic) bond motifs is 1. The molecule has 0 spiro atoms. The molecule has 0 aliphatic heterocycles. The van der Waals surface area contributed by atoms with E-state index < -0.39 is 6.67 Å². The molecule has 1 atom stereocenters. The lowest BCUT2D eigenvalue weighted by molar-refractivity contribution is 0.457. The monoisotopic (exact) mass is 289 g/mol. The van der Waals surface area contributed by atoms with E-state index in [0.29, 0.717) is 11.5 Å². The molecule has 7 heteroatoms. The second-order valence-electron chi connectivity index (χ2n) is 4.66. The topological polar surface area (TPSA) is 55.1 Å². The Morgan fingerprint density at radius 2 is 1.90 bits per heavy atom. The number of nitrogens with zero attached hydrogens (tertiary/aromatic N) is 4.